The van der Waals surface area contributed by atoms with Gasteiger partial charge in [0.05, 0.1) is 0 Å². The molecule has 0 aliphatic heterocycles. The van der Waals surface area contributed by atoms with Crippen molar-refractivity contribution in [3.63, 3.8) is 0 Å². The minimum atomic E-state index is 0.541. The Balaban J connectivity index is 4.61. The molecule has 4 heteroatoms. The van der Waals surface area contributed by atoms with Crippen molar-refractivity contribution in [1.29, 1.82) is 0 Å². The Kier molecular flexibility index (Phi) is 3.80. The molecule has 0 spiro atoms. The molecular formula is C7H13N3O. The summed E-state index contributed by atoms with van der Waals surface area (Å²) in [6, 6.07) is 0. The molecule has 0 fully saturated rings. The number of amides is 1. The van der Waals surface area contributed by atoms with Gasteiger partial charge < -0.3 is 11.1 Å². The molecule has 0 saturated carbocycles. The second kappa shape index (κ2) is 4.38. The zero-order valence-electron chi connectivity index (χ0n) is 6.79. The third-order valence-electron chi connectivity index (χ3n) is 1.18. The molecule has 0 aromatic heterocycles. The van der Waals surface area contributed by atoms with Crippen molar-refractivity contribution in [3.8, 4) is 0 Å². The van der Waals surface area contributed by atoms with Crippen LogP contribution in [0.2, 0.25) is 0 Å². The van der Waals surface area contributed by atoms with E-state index >= 15 is 0 Å². The number of carbonyl (C=O) groups is 1. The van der Waals surface area contributed by atoms with E-state index in [4.69, 9.17) is 5.73 Å². The molecule has 0 saturated heterocycles. The van der Waals surface area contributed by atoms with Crippen molar-refractivity contribution >= 4 is 6.41 Å². The summed E-state index contributed by atoms with van der Waals surface area (Å²) in [4.78, 5) is 11.6. The minimum absolute atomic E-state index is 0.541. The first-order valence-corrected chi connectivity index (χ1v) is 3.17. The van der Waals surface area contributed by atoms with Crippen LogP contribution in [-0.2, 0) is 4.79 Å². The summed E-state index contributed by atoms with van der Waals surface area (Å²) in [5.74, 6) is 0.551. The molecule has 11 heavy (non-hydrogen) atoms. The lowest BCUT2D eigenvalue weighted by molar-refractivity contribution is -0.114. The predicted molar refractivity (Wildman–Crippen MR) is 44.0 cm³/mol. The van der Waals surface area contributed by atoms with E-state index in [1.54, 1.807) is 14.0 Å². The first-order chi connectivity index (χ1) is 5.17. The summed E-state index contributed by atoms with van der Waals surface area (Å²) in [5, 5.41) is 2.78. The lowest BCUT2D eigenvalue weighted by Gasteiger charge is -2.16. The van der Waals surface area contributed by atoms with Gasteiger partial charge in [-0.2, -0.15) is 0 Å². The molecule has 4 nitrogen and oxygen atoms in total. The van der Waals surface area contributed by atoms with Crippen LogP contribution >= 0.6 is 0 Å². The predicted octanol–water partition coefficient (Wildman–Crippen LogP) is -0.0446. The average molecular weight is 155 g/mol. The minimum Gasteiger partial charge on any atom is -0.399 e. The van der Waals surface area contributed by atoms with Crippen LogP contribution in [0.15, 0.2) is 24.3 Å². The summed E-state index contributed by atoms with van der Waals surface area (Å²) in [5.41, 5.74) is 6.01. The molecule has 0 aromatic carbocycles. The summed E-state index contributed by atoms with van der Waals surface area (Å²) in [6.07, 6.45) is 2.02. The van der Waals surface area contributed by atoms with E-state index in [0.29, 0.717) is 17.9 Å². The Labute approximate surface area is 66.4 Å². The van der Waals surface area contributed by atoms with Crippen LogP contribution in [0.5, 0.6) is 0 Å². The molecule has 1 amide bonds. The molecular weight excluding hydrogens is 142 g/mol. The highest BCUT2D eigenvalue weighted by Gasteiger charge is 2.03. The van der Waals surface area contributed by atoms with E-state index in [0.717, 1.165) is 0 Å². The Morgan fingerprint density at radius 1 is 1.73 bits per heavy atom. The summed E-state index contributed by atoms with van der Waals surface area (Å²) >= 11 is 0. The maximum atomic E-state index is 10.4. The number of hydrogen-bond donors (Lipinski definition) is 2. The molecule has 0 rings (SSSR count). The number of carbonyl (C=O) groups excluding carboxylic acids is 1. The third kappa shape index (κ3) is 2.33. The van der Waals surface area contributed by atoms with Crippen molar-refractivity contribution in [2.24, 2.45) is 5.73 Å². The van der Waals surface area contributed by atoms with Gasteiger partial charge >= 0.3 is 0 Å². The normalized spacial score (nSPS) is 11.5. The van der Waals surface area contributed by atoms with Crippen LogP contribution in [-0.4, -0.2) is 18.4 Å². The van der Waals surface area contributed by atoms with Gasteiger partial charge in [-0.25, -0.2) is 0 Å². The Morgan fingerprint density at radius 2 is 2.27 bits per heavy atom. The zero-order valence-corrected chi connectivity index (χ0v) is 6.79. The fraction of sp³-hybridized carbons (Fsp3) is 0.286. The molecule has 0 radical (unpaired) electrons. The van der Waals surface area contributed by atoms with E-state index in [9.17, 15) is 4.79 Å². The highest BCUT2D eigenvalue weighted by molar-refractivity contribution is 5.53. The van der Waals surface area contributed by atoms with E-state index < -0.39 is 0 Å². The van der Waals surface area contributed by atoms with E-state index in [1.807, 2.05) is 0 Å². The van der Waals surface area contributed by atoms with Gasteiger partial charge in [0.25, 0.3) is 0 Å². The topological polar surface area (TPSA) is 58.4 Å². The summed E-state index contributed by atoms with van der Waals surface area (Å²) in [7, 11) is 1.69. The van der Waals surface area contributed by atoms with E-state index in [1.165, 1.54) is 11.1 Å². The van der Waals surface area contributed by atoms with Gasteiger partial charge in [-0.15, -0.1) is 0 Å². The van der Waals surface area contributed by atoms with Gasteiger partial charge in [0.2, 0.25) is 6.41 Å². The molecule has 62 valence electrons. The smallest absolute Gasteiger partial charge is 0.219 e. The molecule has 0 unspecified atom stereocenters. The summed E-state index contributed by atoms with van der Waals surface area (Å²) < 4.78 is 0. The van der Waals surface area contributed by atoms with Gasteiger partial charge in [0, 0.05) is 18.9 Å². The maximum absolute atomic E-state index is 10.4. The van der Waals surface area contributed by atoms with Gasteiger partial charge in [-0.3, -0.25) is 9.69 Å². The Hall–Kier alpha value is -1.45. The number of hydrogen-bond acceptors (Lipinski definition) is 3. The monoisotopic (exact) mass is 155 g/mol. The first-order valence-electron chi connectivity index (χ1n) is 3.17. The average Bonchev–Trinajstić information content (AvgIpc) is 1.99. The number of nitrogens with one attached hydrogen (secondary N) is 1. The second-order valence-electron chi connectivity index (χ2n) is 1.98. The molecule has 3 N–H and O–H groups in total. The summed E-state index contributed by atoms with van der Waals surface area (Å²) in [6.45, 7) is 5.15. The van der Waals surface area contributed by atoms with Crippen molar-refractivity contribution in [3.05, 3.63) is 24.3 Å². The Morgan fingerprint density at radius 3 is 2.36 bits per heavy atom. The number of nitrogens with two attached hydrogens (primary N) is 1. The molecule has 0 aliphatic rings. The number of rotatable bonds is 4. The maximum Gasteiger partial charge on any atom is 0.219 e. The van der Waals surface area contributed by atoms with Gasteiger partial charge in [0.1, 0.15) is 5.82 Å². The second-order valence-corrected chi connectivity index (χ2v) is 1.98. The van der Waals surface area contributed by atoms with Gasteiger partial charge in [-0.05, 0) is 6.92 Å². The molecule has 0 aromatic rings. The fourth-order valence-electron chi connectivity index (χ4n) is 0.717. The zero-order chi connectivity index (χ0) is 8.85. The van der Waals surface area contributed by atoms with E-state index in [-0.39, 0.29) is 0 Å². The van der Waals surface area contributed by atoms with Crippen LogP contribution in [0.25, 0.3) is 0 Å². The number of nitrogens with zero attached hydrogens (tertiary/aromatic N) is 1. The van der Waals surface area contributed by atoms with E-state index in [2.05, 4.69) is 11.9 Å². The standard InChI is InChI=1S/C7H13N3O/c1-4-10(5-11)7(9-3)6(2)8/h4-5,9H,1,8H2,2-3H3/b7-6-. The molecule has 0 aliphatic carbocycles. The van der Waals surface area contributed by atoms with Crippen molar-refractivity contribution in [1.82, 2.24) is 10.2 Å². The Bertz CT molecular complexity index is 174. The van der Waals surface area contributed by atoms with Crippen molar-refractivity contribution in [2.45, 2.75) is 6.92 Å². The SMILES string of the molecule is C=CN(C=O)/C(NC)=C(/C)N. The number of allylic oxidation sites excluding steroid dienone is 1. The first kappa shape index (κ1) is 9.55. The highest BCUT2D eigenvalue weighted by Crippen LogP contribution is 1.99. The fourth-order valence-corrected chi connectivity index (χ4v) is 0.717. The third-order valence-corrected chi connectivity index (χ3v) is 1.18. The largest absolute Gasteiger partial charge is 0.399 e. The molecule has 0 atom stereocenters. The van der Waals surface area contributed by atoms with Crippen LogP contribution in [0, 0.1) is 0 Å². The van der Waals surface area contributed by atoms with Crippen molar-refractivity contribution < 1.29 is 4.79 Å². The van der Waals surface area contributed by atoms with Crippen LogP contribution in [0.3, 0.4) is 0 Å². The van der Waals surface area contributed by atoms with Crippen molar-refractivity contribution in [2.75, 3.05) is 7.05 Å². The van der Waals surface area contributed by atoms with Crippen LogP contribution < -0.4 is 11.1 Å². The quantitative estimate of drug-likeness (QED) is 0.560. The van der Waals surface area contributed by atoms with Crippen LogP contribution in [0.1, 0.15) is 6.92 Å². The lowest BCUT2D eigenvalue weighted by atomic mass is 10.4. The molecule has 0 heterocycles. The highest BCUT2D eigenvalue weighted by atomic mass is 16.1. The van der Waals surface area contributed by atoms with Crippen LogP contribution in [0.4, 0.5) is 0 Å². The molecule has 0 bridgehead atoms. The lowest BCUT2D eigenvalue weighted by Crippen LogP contribution is -2.27. The van der Waals surface area contributed by atoms with Gasteiger partial charge in [-0.1, -0.05) is 6.58 Å². The van der Waals surface area contributed by atoms with Gasteiger partial charge in [0.15, 0.2) is 0 Å².